The van der Waals surface area contributed by atoms with E-state index in [-0.39, 0.29) is 11.8 Å². The van der Waals surface area contributed by atoms with Crippen LogP contribution in [0.5, 0.6) is 0 Å². The highest BCUT2D eigenvalue weighted by molar-refractivity contribution is 5.70. The predicted molar refractivity (Wildman–Crippen MR) is 79.2 cm³/mol. The average molecular weight is 276 g/mol. The van der Waals surface area contributed by atoms with Crippen molar-refractivity contribution in [3.63, 3.8) is 0 Å². The minimum absolute atomic E-state index is 0.185. The molecule has 0 bridgehead atoms. The van der Waals surface area contributed by atoms with E-state index in [1.54, 1.807) is 18.5 Å². The molecule has 3 atom stereocenters. The molecule has 2 rings (SSSR count). The lowest BCUT2D eigenvalue weighted by molar-refractivity contribution is -0.145. The molecule has 1 aromatic rings. The first-order valence-corrected chi connectivity index (χ1v) is 7.53. The van der Waals surface area contributed by atoms with Crippen LogP contribution in [0, 0.1) is 17.8 Å². The molecule has 0 spiro atoms. The van der Waals surface area contributed by atoms with Crippen molar-refractivity contribution in [1.29, 1.82) is 0 Å². The largest absolute Gasteiger partial charge is 0.481 e. The van der Waals surface area contributed by atoms with Crippen LogP contribution in [0.3, 0.4) is 0 Å². The molecular weight excluding hydrogens is 252 g/mol. The number of carboxylic acid groups (broad SMARTS) is 1. The average Bonchev–Trinajstić information content (AvgIpc) is 2.42. The topological polar surface area (TPSA) is 76.2 Å². The van der Waals surface area contributed by atoms with Crippen molar-refractivity contribution in [2.45, 2.75) is 45.4 Å². The number of carboxylic acids is 1. The predicted octanol–water partition coefficient (Wildman–Crippen LogP) is 3.12. The van der Waals surface area contributed by atoms with Gasteiger partial charge in [0.15, 0.2) is 0 Å². The van der Waals surface area contributed by atoms with Crippen LogP contribution in [0.1, 0.15) is 44.6 Å². The van der Waals surface area contributed by atoms with E-state index in [0.29, 0.717) is 5.92 Å². The van der Waals surface area contributed by atoms with Crippen LogP contribution < -0.4 is 5.73 Å². The first kappa shape index (κ1) is 14.8. The smallest absolute Gasteiger partial charge is 0.306 e. The second-order valence-electron chi connectivity index (χ2n) is 5.95. The summed E-state index contributed by atoms with van der Waals surface area (Å²) >= 11 is 0. The Hall–Kier alpha value is -1.58. The molecule has 1 aliphatic rings. The molecule has 1 heterocycles. The van der Waals surface area contributed by atoms with Crippen molar-refractivity contribution in [3.8, 4) is 0 Å². The van der Waals surface area contributed by atoms with Crippen molar-refractivity contribution in [3.05, 3.63) is 24.0 Å². The zero-order valence-corrected chi connectivity index (χ0v) is 12.1. The highest BCUT2D eigenvalue weighted by Crippen LogP contribution is 2.38. The van der Waals surface area contributed by atoms with Gasteiger partial charge in [-0.3, -0.25) is 9.78 Å². The molecule has 0 amide bonds. The molecule has 0 aromatic carbocycles. The lowest BCUT2D eigenvalue weighted by atomic mass is 9.70. The van der Waals surface area contributed by atoms with Gasteiger partial charge in [-0.25, -0.2) is 0 Å². The molecule has 4 nitrogen and oxygen atoms in total. The van der Waals surface area contributed by atoms with E-state index in [9.17, 15) is 9.90 Å². The van der Waals surface area contributed by atoms with Crippen molar-refractivity contribution in [1.82, 2.24) is 4.98 Å². The van der Waals surface area contributed by atoms with Crippen LogP contribution in [0.15, 0.2) is 18.5 Å². The Morgan fingerprint density at radius 2 is 2.30 bits per heavy atom. The summed E-state index contributed by atoms with van der Waals surface area (Å²) < 4.78 is 0. The number of rotatable bonds is 5. The Labute approximate surface area is 120 Å². The molecule has 110 valence electrons. The minimum Gasteiger partial charge on any atom is -0.481 e. The Morgan fingerprint density at radius 1 is 1.50 bits per heavy atom. The van der Waals surface area contributed by atoms with Crippen molar-refractivity contribution < 1.29 is 9.90 Å². The molecular formula is C16H24N2O2. The van der Waals surface area contributed by atoms with Crippen LogP contribution >= 0.6 is 0 Å². The third-order valence-corrected chi connectivity index (χ3v) is 4.53. The molecule has 4 heteroatoms. The number of nitrogens with zero attached hydrogens (tertiary/aromatic N) is 1. The second kappa shape index (κ2) is 6.73. The Morgan fingerprint density at radius 3 is 2.95 bits per heavy atom. The Bertz CT molecular complexity index is 462. The van der Waals surface area contributed by atoms with Gasteiger partial charge in [-0.1, -0.05) is 19.8 Å². The summed E-state index contributed by atoms with van der Waals surface area (Å²) in [6.45, 7) is 2.19. The summed E-state index contributed by atoms with van der Waals surface area (Å²) in [5, 5.41) is 9.43. The maximum atomic E-state index is 11.5. The quantitative estimate of drug-likeness (QED) is 0.866. The van der Waals surface area contributed by atoms with Gasteiger partial charge in [-0.15, -0.1) is 0 Å². The van der Waals surface area contributed by atoms with Gasteiger partial charge in [0.25, 0.3) is 0 Å². The second-order valence-corrected chi connectivity index (χ2v) is 5.95. The van der Waals surface area contributed by atoms with E-state index in [4.69, 9.17) is 5.73 Å². The maximum absolute atomic E-state index is 11.5. The molecule has 0 radical (unpaired) electrons. The summed E-state index contributed by atoms with van der Waals surface area (Å²) in [5.74, 6) is -0.0436. The molecule has 1 aromatic heterocycles. The van der Waals surface area contributed by atoms with E-state index in [1.165, 1.54) is 12.8 Å². The number of aromatic nitrogens is 1. The lowest BCUT2D eigenvalue weighted by Crippen LogP contribution is -2.32. The molecule has 1 saturated carbocycles. The van der Waals surface area contributed by atoms with Crippen molar-refractivity contribution in [2.24, 2.45) is 17.8 Å². The lowest BCUT2D eigenvalue weighted by Gasteiger charge is -2.34. The molecule has 3 N–H and O–H groups in total. The highest BCUT2D eigenvalue weighted by Gasteiger charge is 2.34. The summed E-state index contributed by atoms with van der Waals surface area (Å²) in [6.07, 6.45) is 9.39. The third kappa shape index (κ3) is 3.50. The molecule has 20 heavy (non-hydrogen) atoms. The van der Waals surface area contributed by atoms with Crippen molar-refractivity contribution >= 4 is 11.7 Å². The first-order chi connectivity index (χ1) is 9.61. The van der Waals surface area contributed by atoms with E-state index in [0.717, 1.165) is 36.9 Å². The number of anilines is 1. The van der Waals surface area contributed by atoms with Crippen LogP contribution in [0.2, 0.25) is 0 Å². The number of nitrogens with two attached hydrogens (primary N) is 1. The van der Waals surface area contributed by atoms with Gasteiger partial charge >= 0.3 is 5.97 Å². The van der Waals surface area contributed by atoms with Gasteiger partial charge < -0.3 is 10.8 Å². The van der Waals surface area contributed by atoms with Crippen molar-refractivity contribution in [2.75, 3.05) is 5.73 Å². The molecule has 3 unspecified atom stereocenters. The van der Waals surface area contributed by atoms with Gasteiger partial charge in [-0.05, 0) is 49.1 Å². The summed E-state index contributed by atoms with van der Waals surface area (Å²) in [5.41, 5.74) is 7.68. The minimum atomic E-state index is -0.660. The number of nitrogen functional groups attached to an aromatic ring is 1. The summed E-state index contributed by atoms with van der Waals surface area (Å²) in [6, 6.07) is 1.79. The fourth-order valence-electron chi connectivity index (χ4n) is 3.47. The van der Waals surface area contributed by atoms with Gasteiger partial charge in [0, 0.05) is 18.1 Å². The first-order valence-electron chi connectivity index (χ1n) is 7.53. The Kier molecular flexibility index (Phi) is 4.99. The van der Waals surface area contributed by atoms with Gasteiger partial charge in [0.1, 0.15) is 0 Å². The zero-order valence-electron chi connectivity index (χ0n) is 12.1. The summed E-state index contributed by atoms with van der Waals surface area (Å²) in [7, 11) is 0. The maximum Gasteiger partial charge on any atom is 0.306 e. The van der Waals surface area contributed by atoms with E-state index in [2.05, 4.69) is 11.9 Å². The molecule has 1 aliphatic carbocycles. The number of aliphatic carboxylic acids is 1. The fourth-order valence-corrected chi connectivity index (χ4v) is 3.47. The van der Waals surface area contributed by atoms with Crippen LogP contribution in [0.25, 0.3) is 0 Å². The number of hydrogen-bond acceptors (Lipinski definition) is 3. The Balaban J connectivity index is 2.11. The number of carbonyl (C=O) groups is 1. The van der Waals surface area contributed by atoms with Gasteiger partial charge in [0.2, 0.25) is 0 Å². The van der Waals surface area contributed by atoms with E-state index < -0.39 is 5.97 Å². The zero-order chi connectivity index (χ0) is 14.5. The van der Waals surface area contributed by atoms with Gasteiger partial charge in [0.05, 0.1) is 5.92 Å². The number of pyridine rings is 1. The molecule has 1 fully saturated rings. The standard InChI is InChI=1S/C16H24N2O2/c1-2-3-11-4-5-14(16(19)20)12(8-11)9-13-10-18-7-6-15(13)17/h6-7,10-12,14H,2-5,8-9H2,1H3,(H2,17,18)(H,19,20). The van der Waals surface area contributed by atoms with Gasteiger partial charge in [-0.2, -0.15) is 0 Å². The SMILES string of the molecule is CCCC1CCC(C(=O)O)C(Cc2cnccc2N)C1. The monoisotopic (exact) mass is 276 g/mol. The highest BCUT2D eigenvalue weighted by atomic mass is 16.4. The van der Waals surface area contributed by atoms with Crippen LogP contribution in [-0.4, -0.2) is 16.1 Å². The van der Waals surface area contributed by atoms with E-state index >= 15 is 0 Å². The third-order valence-electron chi connectivity index (χ3n) is 4.53. The van der Waals surface area contributed by atoms with E-state index in [1.807, 2.05) is 0 Å². The van der Waals surface area contributed by atoms with Crippen LogP contribution in [0.4, 0.5) is 5.69 Å². The van der Waals surface area contributed by atoms with Crippen LogP contribution in [-0.2, 0) is 11.2 Å². The number of hydrogen-bond donors (Lipinski definition) is 2. The normalized spacial score (nSPS) is 26.4. The molecule has 0 aliphatic heterocycles. The fraction of sp³-hybridized carbons (Fsp3) is 0.625. The molecule has 0 saturated heterocycles. The summed E-state index contributed by atoms with van der Waals surface area (Å²) in [4.78, 5) is 15.6.